The van der Waals surface area contributed by atoms with Gasteiger partial charge in [0.1, 0.15) is 20.2 Å². The Hall–Kier alpha value is 1.27. The van der Waals surface area contributed by atoms with Crippen molar-refractivity contribution in [2.75, 3.05) is 0 Å². The van der Waals surface area contributed by atoms with Gasteiger partial charge in [-0.3, -0.25) is 0 Å². The van der Waals surface area contributed by atoms with Crippen molar-refractivity contribution >= 4 is 41.8 Å². The maximum atomic E-state index is 11.3. The van der Waals surface area contributed by atoms with Gasteiger partial charge >= 0.3 is 103 Å². The molecule has 0 spiro atoms. The minimum absolute atomic E-state index is 0. The number of hydrogen-bond donors (Lipinski definition) is 0. The van der Waals surface area contributed by atoms with Crippen LogP contribution in [0.2, 0.25) is 0 Å². The zero-order valence-corrected chi connectivity index (χ0v) is 20.8. The first-order chi connectivity index (χ1) is 10.2. The van der Waals surface area contributed by atoms with Gasteiger partial charge in [0, 0.05) is 0 Å². The summed E-state index contributed by atoms with van der Waals surface area (Å²) in [5.74, 6) is 0. The minimum Gasteiger partial charge on any atom is -0.744 e. The second kappa shape index (κ2) is 8.52. The van der Waals surface area contributed by atoms with Gasteiger partial charge in [0.05, 0.1) is 9.79 Å². The van der Waals surface area contributed by atoms with Crippen molar-refractivity contribution in [3.05, 3.63) is 48.5 Å². The average molecular weight is 415 g/mol. The largest absolute Gasteiger partial charge is 1.00 e. The van der Waals surface area contributed by atoms with E-state index < -0.39 is 30.0 Å². The number of rotatable bonds is 2. The monoisotopic (exact) mass is 414 g/mol. The fourth-order valence-electron chi connectivity index (χ4n) is 2.43. The van der Waals surface area contributed by atoms with Crippen LogP contribution in [0.4, 0.5) is 0 Å². The van der Waals surface area contributed by atoms with Crippen LogP contribution in [0.3, 0.4) is 0 Å². The molecule has 0 radical (unpaired) electrons. The third kappa shape index (κ3) is 4.76. The van der Waals surface area contributed by atoms with Crippen LogP contribution in [0.15, 0.2) is 58.3 Å². The van der Waals surface area contributed by atoms with E-state index in [9.17, 15) is 25.9 Å². The third-order valence-corrected chi connectivity index (χ3v) is 5.13. The SMILES string of the molecule is O=S(=O)([O-])c1cccc2cc3cccc(S(=O)(=O)[O-])c3cc12.[K+].[K+]. The van der Waals surface area contributed by atoms with Crippen LogP contribution in [0.5, 0.6) is 0 Å². The molecular weight excluding hydrogens is 406 g/mol. The molecule has 0 amide bonds. The van der Waals surface area contributed by atoms with Crippen LogP contribution >= 0.6 is 0 Å². The van der Waals surface area contributed by atoms with E-state index in [4.69, 9.17) is 0 Å². The Morgan fingerprint density at radius 2 is 1.00 bits per heavy atom. The summed E-state index contributed by atoms with van der Waals surface area (Å²) in [5, 5.41) is 1.09. The number of hydrogen-bond acceptors (Lipinski definition) is 6. The van der Waals surface area contributed by atoms with Crippen LogP contribution in [-0.4, -0.2) is 25.9 Å². The molecule has 0 aliphatic heterocycles. The van der Waals surface area contributed by atoms with E-state index in [0.717, 1.165) is 12.1 Å². The third-order valence-electron chi connectivity index (χ3n) is 3.34. The topological polar surface area (TPSA) is 114 Å². The molecule has 10 heteroatoms. The molecule has 0 saturated carbocycles. The first-order valence-corrected chi connectivity index (χ1v) is 8.87. The summed E-state index contributed by atoms with van der Waals surface area (Å²) < 4.78 is 68.0. The van der Waals surface area contributed by atoms with Crippen molar-refractivity contribution in [3.8, 4) is 0 Å². The van der Waals surface area contributed by atoms with Crippen LogP contribution < -0.4 is 103 Å². The minimum atomic E-state index is -4.72. The van der Waals surface area contributed by atoms with E-state index in [1.807, 2.05) is 0 Å². The van der Waals surface area contributed by atoms with Gasteiger partial charge in [0.25, 0.3) is 0 Å². The van der Waals surface area contributed by atoms with Crippen LogP contribution in [0.1, 0.15) is 0 Å². The van der Waals surface area contributed by atoms with Gasteiger partial charge in [-0.05, 0) is 45.8 Å². The van der Waals surface area contributed by atoms with Gasteiger partial charge < -0.3 is 9.11 Å². The molecule has 6 nitrogen and oxygen atoms in total. The van der Waals surface area contributed by atoms with E-state index in [0.29, 0.717) is 10.8 Å². The standard InChI is InChI=1S/C14H10O6S2.2K/c15-21(16,17)13-5-1-3-9-7-10-4-2-6-14(22(18,19)20)12(10)8-11(9)13;;/h1-8H,(H,15,16,17)(H,18,19,20);;/q;2*+1/p-2. The van der Waals surface area contributed by atoms with Gasteiger partial charge in [0.2, 0.25) is 0 Å². The Kier molecular flexibility index (Phi) is 8.28. The van der Waals surface area contributed by atoms with Crippen LogP contribution in [0, 0.1) is 0 Å². The van der Waals surface area contributed by atoms with Crippen molar-refractivity contribution in [2.24, 2.45) is 0 Å². The molecule has 24 heavy (non-hydrogen) atoms. The Bertz CT molecular complexity index is 1040. The number of benzene rings is 3. The molecule has 0 aromatic heterocycles. The number of fused-ring (bicyclic) bond motifs is 2. The predicted molar refractivity (Wildman–Crippen MR) is 77.4 cm³/mol. The Morgan fingerprint density at radius 1 is 0.625 bits per heavy atom. The molecular formula is C14H8K2O6S2. The summed E-state index contributed by atoms with van der Waals surface area (Å²) in [6.07, 6.45) is 0. The molecule has 0 bridgehead atoms. The van der Waals surface area contributed by atoms with Crippen molar-refractivity contribution in [1.29, 1.82) is 0 Å². The van der Waals surface area contributed by atoms with Crippen molar-refractivity contribution in [2.45, 2.75) is 9.79 Å². The molecule has 0 unspecified atom stereocenters. The zero-order chi connectivity index (χ0) is 16.1. The van der Waals surface area contributed by atoms with E-state index in [1.54, 1.807) is 12.1 Å². The quantitative estimate of drug-likeness (QED) is 0.239. The van der Waals surface area contributed by atoms with E-state index in [2.05, 4.69) is 0 Å². The second-order valence-corrected chi connectivity index (χ2v) is 7.41. The zero-order valence-electron chi connectivity index (χ0n) is 12.9. The predicted octanol–water partition coefficient (Wildman–Crippen LogP) is -4.19. The Morgan fingerprint density at radius 3 is 1.33 bits per heavy atom. The van der Waals surface area contributed by atoms with Crippen LogP contribution in [0.25, 0.3) is 21.5 Å². The molecule has 0 heterocycles. The van der Waals surface area contributed by atoms with E-state index in [-0.39, 0.29) is 114 Å². The molecule has 3 aromatic carbocycles. The van der Waals surface area contributed by atoms with Crippen LogP contribution in [-0.2, 0) is 20.2 Å². The summed E-state index contributed by atoms with van der Waals surface area (Å²) in [7, 11) is -9.45. The maximum Gasteiger partial charge on any atom is 1.00 e. The van der Waals surface area contributed by atoms with E-state index >= 15 is 0 Å². The second-order valence-electron chi connectivity index (χ2n) is 4.72. The smallest absolute Gasteiger partial charge is 0.744 e. The summed E-state index contributed by atoms with van der Waals surface area (Å²) >= 11 is 0. The maximum absolute atomic E-state index is 11.3. The molecule has 0 aliphatic carbocycles. The fraction of sp³-hybridized carbons (Fsp3) is 0. The molecule has 114 valence electrons. The molecule has 0 N–H and O–H groups in total. The van der Waals surface area contributed by atoms with Crippen molar-refractivity contribution < 1.29 is 129 Å². The molecule has 0 aliphatic rings. The Balaban J connectivity index is 0.00000144. The fourth-order valence-corrected chi connectivity index (χ4v) is 3.81. The normalized spacial score (nSPS) is 11.8. The summed E-state index contributed by atoms with van der Waals surface area (Å²) in [6.45, 7) is 0. The summed E-state index contributed by atoms with van der Waals surface area (Å²) in [6, 6.07) is 11.1. The average Bonchev–Trinajstić information content (AvgIpc) is 2.41. The molecule has 3 rings (SSSR count). The molecule has 0 fully saturated rings. The molecule has 0 saturated heterocycles. The first kappa shape index (κ1) is 23.3. The van der Waals surface area contributed by atoms with Crippen molar-refractivity contribution in [1.82, 2.24) is 0 Å². The Labute approximate surface area is 224 Å². The van der Waals surface area contributed by atoms with Gasteiger partial charge in [-0.15, -0.1) is 0 Å². The van der Waals surface area contributed by atoms with Crippen molar-refractivity contribution in [3.63, 3.8) is 0 Å². The summed E-state index contributed by atoms with van der Waals surface area (Å²) in [4.78, 5) is -0.907. The molecule has 3 aromatic rings. The van der Waals surface area contributed by atoms with Gasteiger partial charge in [-0.25, -0.2) is 16.8 Å². The van der Waals surface area contributed by atoms with Gasteiger partial charge in [-0.1, -0.05) is 24.3 Å². The molecule has 0 atom stereocenters. The summed E-state index contributed by atoms with van der Waals surface area (Å²) in [5.41, 5.74) is 0. The first-order valence-electron chi connectivity index (χ1n) is 6.05. The van der Waals surface area contributed by atoms with Gasteiger partial charge in [-0.2, -0.15) is 0 Å². The van der Waals surface area contributed by atoms with E-state index in [1.165, 1.54) is 24.3 Å². The van der Waals surface area contributed by atoms with Gasteiger partial charge in [0.15, 0.2) is 0 Å².